The summed E-state index contributed by atoms with van der Waals surface area (Å²) in [4.78, 5) is 26.1. The molecule has 0 spiro atoms. The van der Waals surface area contributed by atoms with Gasteiger partial charge in [0.05, 0.1) is 5.02 Å². The van der Waals surface area contributed by atoms with Crippen molar-refractivity contribution < 1.29 is 14.3 Å². The van der Waals surface area contributed by atoms with E-state index in [0.717, 1.165) is 0 Å². The van der Waals surface area contributed by atoms with Gasteiger partial charge in [-0.3, -0.25) is 4.79 Å². The summed E-state index contributed by atoms with van der Waals surface area (Å²) in [7, 11) is 0. The summed E-state index contributed by atoms with van der Waals surface area (Å²) in [6, 6.07) is 3.14. The highest BCUT2D eigenvalue weighted by molar-refractivity contribution is 6.30. The van der Waals surface area contributed by atoms with E-state index in [1.165, 1.54) is 18.3 Å². The van der Waals surface area contributed by atoms with Gasteiger partial charge in [-0.25, -0.2) is 9.78 Å². The smallest absolute Gasteiger partial charge is 0.330 e. The fourth-order valence-electron chi connectivity index (χ4n) is 0.950. The highest BCUT2D eigenvalue weighted by Crippen LogP contribution is 2.09. The van der Waals surface area contributed by atoms with Crippen molar-refractivity contribution in [3.63, 3.8) is 0 Å². The van der Waals surface area contributed by atoms with E-state index in [0.29, 0.717) is 10.8 Å². The molecule has 0 fully saturated rings. The van der Waals surface area contributed by atoms with E-state index in [9.17, 15) is 9.59 Å². The number of carbonyl (C=O) groups is 2. The number of ether oxygens (including phenoxy) is 1. The van der Waals surface area contributed by atoms with Crippen LogP contribution in [-0.4, -0.2) is 23.5 Å². The minimum Gasteiger partial charge on any atom is -0.452 e. The van der Waals surface area contributed by atoms with E-state index in [-0.39, 0.29) is 6.61 Å². The molecule has 0 saturated carbocycles. The molecule has 0 bridgehead atoms. The Labute approximate surface area is 103 Å². The lowest BCUT2D eigenvalue weighted by Gasteiger charge is -2.04. The number of nitrogens with one attached hydrogen (secondary N) is 1. The third-order valence-corrected chi connectivity index (χ3v) is 1.87. The van der Waals surface area contributed by atoms with Gasteiger partial charge in [-0.1, -0.05) is 17.7 Å². The molecule has 1 aromatic heterocycles. The third-order valence-electron chi connectivity index (χ3n) is 1.64. The van der Waals surface area contributed by atoms with Gasteiger partial charge in [0.25, 0.3) is 5.91 Å². The minimum atomic E-state index is -0.563. The number of carbonyl (C=O) groups excluding carboxylic acids is 2. The number of amides is 1. The predicted molar refractivity (Wildman–Crippen MR) is 63.6 cm³/mol. The molecule has 1 heterocycles. The molecule has 0 radical (unpaired) electrons. The first-order valence-corrected chi connectivity index (χ1v) is 5.20. The van der Waals surface area contributed by atoms with Gasteiger partial charge < -0.3 is 10.1 Å². The van der Waals surface area contributed by atoms with Gasteiger partial charge in [0, 0.05) is 12.3 Å². The van der Waals surface area contributed by atoms with Crippen molar-refractivity contribution in [2.45, 2.75) is 6.92 Å². The molecule has 0 atom stereocenters. The molecule has 0 aromatic carbocycles. The number of esters is 1. The highest BCUT2D eigenvalue weighted by Gasteiger charge is 2.05. The molecule has 1 N–H and O–H groups in total. The molecule has 1 aromatic rings. The van der Waals surface area contributed by atoms with Gasteiger partial charge in [-0.05, 0) is 19.1 Å². The van der Waals surface area contributed by atoms with Crippen LogP contribution in [0.2, 0.25) is 5.02 Å². The van der Waals surface area contributed by atoms with E-state index in [4.69, 9.17) is 11.6 Å². The topological polar surface area (TPSA) is 68.3 Å². The number of hydrogen-bond donors (Lipinski definition) is 1. The Kier molecular flexibility index (Phi) is 5.16. The molecule has 0 aliphatic heterocycles. The molecule has 0 unspecified atom stereocenters. The maximum absolute atomic E-state index is 11.3. The van der Waals surface area contributed by atoms with Gasteiger partial charge in [0.1, 0.15) is 5.82 Å². The zero-order valence-electron chi connectivity index (χ0n) is 9.14. The van der Waals surface area contributed by atoms with E-state index in [2.05, 4.69) is 15.0 Å². The molecule has 90 valence electrons. The molecule has 1 rings (SSSR count). The Morgan fingerprint density at radius 1 is 1.53 bits per heavy atom. The number of pyridine rings is 1. The number of allylic oxidation sites excluding steroid dienone is 1. The summed E-state index contributed by atoms with van der Waals surface area (Å²) < 4.78 is 4.65. The largest absolute Gasteiger partial charge is 0.452 e. The number of nitrogens with zero attached hydrogens (tertiary/aromatic N) is 1. The van der Waals surface area contributed by atoms with Crippen LogP contribution in [0.4, 0.5) is 5.82 Å². The zero-order chi connectivity index (χ0) is 12.7. The quantitative estimate of drug-likeness (QED) is 0.657. The van der Waals surface area contributed by atoms with E-state index in [1.54, 1.807) is 19.1 Å². The second kappa shape index (κ2) is 6.65. The Hall–Kier alpha value is -1.88. The second-order valence-electron chi connectivity index (χ2n) is 3.02. The van der Waals surface area contributed by atoms with Gasteiger partial charge in [0.2, 0.25) is 0 Å². The van der Waals surface area contributed by atoms with Gasteiger partial charge >= 0.3 is 5.97 Å². The van der Waals surface area contributed by atoms with Crippen molar-refractivity contribution in [1.29, 1.82) is 0 Å². The molecular weight excluding hydrogens is 244 g/mol. The average molecular weight is 255 g/mol. The first-order chi connectivity index (χ1) is 8.11. The Morgan fingerprint density at radius 2 is 2.29 bits per heavy atom. The molecule has 0 aliphatic rings. The number of aromatic nitrogens is 1. The lowest BCUT2D eigenvalue weighted by atomic mass is 10.4. The maximum Gasteiger partial charge on any atom is 0.330 e. The van der Waals surface area contributed by atoms with Crippen LogP contribution in [0.1, 0.15) is 6.92 Å². The van der Waals surface area contributed by atoms with Crippen molar-refractivity contribution >= 4 is 29.3 Å². The normalized spacial score (nSPS) is 10.2. The van der Waals surface area contributed by atoms with E-state index in [1.807, 2.05) is 0 Å². The number of rotatable bonds is 4. The fourth-order valence-corrected chi connectivity index (χ4v) is 1.06. The predicted octanol–water partition coefficient (Wildman–Crippen LogP) is 1.79. The van der Waals surface area contributed by atoms with E-state index >= 15 is 0 Å². The molecule has 1 amide bonds. The summed E-state index contributed by atoms with van der Waals surface area (Å²) in [5.41, 5.74) is 0. The van der Waals surface area contributed by atoms with Crippen molar-refractivity contribution in [2.75, 3.05) is 11.9 Å². The highest BCUT2D eigenvalue weighted by atomic mass is 35.5. The van der Waals surface area contributed by atoms with Crippen LogP contribution in [0.25, 0.3) is 0 Å². The van der Waals surface area contributed by atoms with Crippen molar-refractivity contribution in [1.82, 2.24) is 4.98 Å². The lowest BCUT2D eigenvalue weighted by Crippen LogP contribution is -2.20. The summed E-state index contributed by atoms with van der Waals surface area (Å²) in [6.45, 7) is 1.33. The van der Waals surface area contributed by atoms with Crippen LogP contribution in [0.3, 0.4) is 0 Å². The molecule has 6 heteroatoms. The molecule has 0 aliphatic carbocycles. The van der Waals surface area contributed by atoms with Crippen LogP contribution >= 0.6 is 11.6 Å². The van der Waals surface area contributed by atoms with Crippen molar-refractivity contribution in [2.24, 2.45) is 0 Å². The zero-order valence-corrected chi connectivity index (χ0v) is 9.90. The second-order valence-corrected chi connectivity index (χ2v) is 3.45. The van der Waals surface area contributed by atoms with Crippen molar-refractivity contribution in [3.8, 4) is 0 Å². The third kappa shape index (κ3) is 5.12. The van der Waals surface area contributed by atoms with Crippen LogP contribution in [0, 0.1) is 0 Å². The minimum absolute atomic E-state index is 0.349. The number of hydrogen-bond acceptors (Lipinski definition) is 4. The molecule has 17 heavy (non-hydrogen) atoms. The van der Waals surface area contributed by atoms with Gasteiger partial charge in [0.15, 0.2) is 6.61 Å². The SMILES string of the molecule is CC=CC(=O)OCC(=O)Nc1ccc(Cl)cn1. The maximum atomic E-state index is 11.3. The Morgan fingerprint density at radius 3 is 2.88 bits per heavy atom. The first-order valence-electron chi connectivity index (χ1n) is 4.82. The average Bonchev–Trinajstić information content (AvgIpc) is 2.30. The molecular formula is C11H11ClN2O3. The van der Waals surface area contributed by atoms with Crippen LogP contribution in [0.15, 0.2) is 30.5 Å². The van der Waals surface area contributed by atoms with Gasteiger partial charge in [-0.2, -0.15) is 0 Å². The summed E-state index contributed by atoms with van der Waals surface area (Å²) >= 11 is 5.63. The lowest BCUT2D eigenvalue weighted by molar-refractivity contribution is -0.142. The van der Waals surface area contributed by atoms with E-state index < -0.39 is 11.9 Å². The van der Waals surface area contributed by atoms with Crippen LogP contribution in [0.5, 0.6) is 0 Å². The van der Waals surface area contributed by atoms with Crippen LogP contribution < -0.4 is 5.32 Å². The number of anilines is 1. The molecule has 0 saturated heterocycles. The molecule has 5 nitrogen and oxygen atoms in total. The number of halogens is 1. The van der Waals surface area contributed by atoms with Gasteiger partial charge in [-0.15, -0.1) is 0 Å². The standard InChI is InChI=1S/C11H11ClN2O3/c1-2-3-11(16)17-7-10(15)14-9-5-4-8(12)6-13-9/h2-6H,7H2,1H3,(H,13,14,15). The van der Waals surface area contributed by atoms with Crippen LogP contribution in [-0.2, 0) is 14.3 Å². The van der Waals surface area contributed by atoms with Crippen molar-refractivity contribution in [3.05, 3.63) is 35.5 Å². The fraction of sp³-hybridized carbons (Fsp3) is 0.182. The summed E-state index contributed by atoms with van der Waals surface area (Å²) in [5, 5.41) is 2.93. The first kappa shape index (κ1) is 13.2. The summed E-state index contributed by atoms with van der Waals surface area (Å²) in [5.74, 6) is -0.675. The summed E-state index contributed by atoms with van der Waals surface area (Å²) in [6.07, 6.45) is 4.16. The Bertz CT molecular complexity index is 429. The monoisotopic (exact) mass is 254 g/mol. The Balaban J connectivity index is 2.39.